The summed E-state index contributed by atoms with van der Waals surface area (Å²) in [5.41, 5.74) is 4.96. The molecule has 0 aromatic heterocycles. The van der Waals surface area contributed by atoms with Crippen LogP contribution in [0, 0.1) is 13.8 Å². The number of aliphatic carboxylic acids is 1. The van der Waals surface area contributed by atoms with Crippen LogP contribution < -0.4 is 0 Å². The normalized spacial score (nSPS) is 11.7. The highest BCUT2D eigenvalue weighted by Gasteiger charge is 2.13. The van der Waals surface area contributed by atoms with E-state index in [1.54, 1.807) is 6.92 Å². The largest absolute Gasteiger partial charge is 0.478 e. The fourth-order valence-corrected chi connectivity index (χ4v) is 2.25. The zero-order chi connectivity index (χ0) is 15.4. The Bertz CT molecular complexity index is 603. The number of carboxylic acids is 1. The summed E-state index contributed by atoms with van der Waals surface area (Å²) in [5.74, 6) is -0.915. The highest BCUT2D eigenvalue weighted by molar-refractivity contribution is 5.86. The van der Waals surface area contributed by atoms with E-state index in [-0.39, 0.29) is 5.92 Å². The lowest BCUT2D eigenvalue weighted by atomic mass is 9.89. The summed E-state index contributed by atoms with van der Waals surface area (Å²) in [5, 5.41) is 9.14. The van der Waals surface area contributed by atoms with E-state index in [1.807, 2.05) is 19.9 Å². The molecular weight excluding hydrogens is 260 g/mol. The predicted octanol–water partition coefficient (Wildman–Crippen LogP) is 4.47. The molecule has 0 aliphatic rings. The minimum atomic E-state index is -0.876. The molecule has 2 aromatic carbocycles. The van der Waals surface area contributed by atoms with E-state index in [0.29, 0.717) is 5.57 Å². The lowest BCUT2D eigenvalue weighted by Gasteiger charge is -2.15. The number of carboxylic acid groups (broad SMARTS) is 1. The van der Waals surface area contributed by atoms with Crippen molar-refractivity contribution in [2.45, 2.75) is 26.7 Å². The van der Waals surface area contributed by atoms with Gasteiger partial charge in [0.25, 0.3) is 0 Å². The van der Waals surface area contributed by atoms with Gasteiger partial charge >= 0.3 is 5.97 Å². The maximum Gasteiger partial charge on any atom is 0.330 e. The van der Waals surface area contributed by atoms with Crippen LogP contribution in [0.5, 0.6) is 0 Å². The molecule has 0 saturated heterocycles. The summed E-state index contributed by atoms with van der Waals surface area (Å²) in [6.45, 7) is 5.73. The summed E-state index contributed by atoms with van der Waals surface area (Å²) in [4.78, 5) is 11.1. The molecule has 0 bridgehead atoms. The second-order valence-corrected chi connectivity index (χ2v) is 5.45. The summed E-state index contributed by atoms with van der Waals surface area (Å²) < 4.78 is 0. The van der Waals surface area contributed by atoms with Gasteiger partial charge in [0.15, 0.2) is 0 Å². The minimum Gasteiger partial charge on any atom is -0.478 e. The van der Waals surface area contributed by atoms with Crippen LogP contribution in [0.15, 0.2) is 60.2 Å². The van der Waals surface area contributed by atoms with Crippen LogP contribution in [0.4, 0.5) is 0 Å². The van der Waals surface area contributed by atoms with Gasteiger partial charge in [-0.05, 0) is 31.9 Å². The molecule has 0 atom stereocenters. The van der Waals surface area contributed by atoms with E-state index in [2.05, 4.69) is 48.5 Å². The van der Waals surface area contributed by atoms with Crippen molar-refractivity contribution >= 4 is 5.97 Å². The van der Waals surface area contributed by atoms with Gasteiger partial charge in [0, 0.05) is 11.5 Å². The smallest absolute Gasteiger partial charge is 0.330 e. The standard InChI is InChI=1S/C19H20O2/c1-13-4-8-16(9-5-13)18(12-15(3)19(20)21)17-10-6-14(2)7-11-17/h4-12,18H,1-3H3,(H,20,21)/b15-12+. The summed E-state index contributed by atoms with van der Waals surface area (Å²) in [6.07, 6.45) is 1.82. The van der Waals surface area contributed by atoms with Gasteiger partial charge in [-0.15, -0.1) is 0 Å². The molecule has 2 rings (SSSR count). The van der Waals surface area contributed by atoms with E-state index in [0.717, 1.165) is 11.1 Å². The summed E-state index contributed by atoms with van der Waals surface area (Å²) >= 11 is 0. The molecule has 0 spiro atoms. The third-order valence-electron chi connectivity index (χ3n) is 3.63. The maximum absolute atomic E-state index is 11.1. The van der Waals surface area contributed by atoms with E-state index >= 15 is 0 Å². The molecule has 21 heavy (non-hydrogen) atoms. The highest BCUT2D eigenvalue weighted by Crippen LogP contribution is 2.28. The number of carbonyl (C=O) groups is 1. The average Bonchev–Trinajstić information content (AvgIpc) is 2.46. The van der Waals surface area contributed by atoms with Crippen LogP contribution in [0.25, 0.3) is 0 Å². The first-order valence-corrected chi connectivity index (χ1v) is 7.02. The molecule has 0 heterocycles. The Balaban J connectivity index is 2.48. The molecule has 2 heteroatoms. The Kier molecular flexibility index (Phi) is 4.59. The zero-order valence-electron chi connectivity index (χ0n) is 12.6. The molecular formula is C19H20O2. The van der Waals surface area contributed by atoms with Gasteiger partial charge in [-0.1, -0.05) is 65.7 Å². The average molecular weight is 280 g/mol. The van der Waals surface area contributed by atoms with Crippen LogP contribution >= 0.6 is 0 Å². The van der Waals surface area contributed by atoms with E-state index in [9.17, 15) is 4.79 Å². The molecule has 0 saturated carbocycles. The molecule has 0 radical (unpaired) electrons. The van der Waals surface area contributed by atoms with Gasteiger partial charge in [-0.2, -0.15) is 0 Å². The minimum absolute atomic E-state index is 0.0395. The lowest BCUT2D eigenvalue weighted by molar-refractivity contribution is -0.132. The SMILES string of the molecule is C/C(=C\C(c1ccc(C)cc1)c1ccc(C)cc1)C(=O)O. The molecule has 2 aromatic rings. The van der Waals surface area contributed by atoms with Crippen molar-refractivity contribution in [2.75, 3.05) is 0 Å². The second-order valence-electron chi connectivity index (χ2n) is 5.45. The van der Waals surface area contributed by atoms with Gasteiger partial charge in [-0.3, -0.25) is 0 Å². The highest BCUT2D eigenvalue weighted by atomic mass is 16.4. The van der Waals surface area contributed by atoms with Crippen molar-refractivity contribution in [1.82, 2.24) is 0 Å². The Hall–Kier alpha value is -2.35. The van der Waals surface area contributed by atoms with Crippen LogP contribution in [0.2, 0.25) is 0 Å². The fourth-order valence-electron chi connectivity index (χ4n) is 2.25. The Labute approximate surface area is 125 Å². The predicted molar refractivity (Wildman–Crippen MR) is 85.6 cm³/mol. The van der Waals surface area contributed by atoms with E-state index in [4.69, 9.17) is 5.11 Å². The number of aryl methyl sites for hydroxylation is 2. The van der Waals surface area contributed by atoms with Gasteiger partial charge in [0.2, 0.25) is 0 Å². The Morgan fingerprint density at radius 3 is 1.62 bits per heavy atom. The van der Waals surface area contributed by atoms with Crippen LogP contribution in [-0.2, 0) is 4.79 Å². The summed E-state index contributed by atoms with van der Waals surface area (Å²) in [7, 11) is 0. The van der Waals surface area contributed by atoms with Crippen molar-refractivity contribution in [3.63, 3.8) is 0 Å². The van der Waals surface area contributed by atoms with Crippen LogP contribution in [-0.4, -0.2) is 11.1 Å². The van der Waals surface area contributed by atoms with Crippen LogP contribution in [0.3, 0.4) is 0 Å². The van der Waals surface area contributed by atoms with Gasteiger partial charge in [0.05, 0.1) is 0 Å². The van der Waals surface area contributed by atoms with E-state index < -0.39 is 5.97 Å². The first kappa shape index (κ1) is 15.0. The van der Waals surface area contributed by atoms with E-state index in [1.165, 1.54) is 11.1 Å². The number of allylic oxidation sites excluding steroid dienone is 1. The second kappa shape index (κ2) is 6.40. The molecule has 0 aliphatic heterocycles. The number of hydrogen-bond acceptors (Lipinski definition) is 1. The van der Waals surface area contributed by atoms with Gasteiger partial charge in [0.1, 0.15) is 0 Å². The van der Waals surface area contributed by atoms with Crippen molar-refractivity contribution in [2.24, 2.45) is 0 Å². The topological polar surface area (TPSA) is 37.3 Å². The lowest BCUT2D eigenvalue weighted by Crippen LogP contribution is -2.03. The molecule has 0 unspecified atom stereocenters. The molecule has 0 fully saturated rings. The van der Waals surface area contributed by atoms with Crippen LogP contribution in [0.1, 0.15) is 35.1 Å². The third kappa shape index (κ3) is 3.82. The Morgan fingerprint density at radius 2 is 1.29 bits per heavy atom. The monoisotopic (exact) mass is 280 g/mol. The molecule has 2 nitrogen and oxygen atoms in total. The first-order valence-electron chi connectivity index (χ1n) is 7.02. The van der Waals surface area contributed by atoms with Gasteiger partial charge in [-0.25, -0.2) is 4.79 Å². The number of benzene rings is 2. The number of hydrogen-bond donors (Lipinski definition) is 1. The quantitative estimate of drug-likeness (QED) is 0.839. The summed E-state index contributed by atoms with van der Waals surface area (Å²) in [6, 6.07) is 16.5. The molecule has 1 N–H and O–H groups in total. The molecule has 108 valence electrons. The van der Waals surface area contributed by atoms with Gasteiger partial charge < -0.3 is 5.11 Å². The molecule has 0 aliphatic carbocycles. The van der Waals surface area contributed by atoms with Crippen molar-refractivity contribution in [3.05, 3.63) is 82.4 Å². The zero-order valence-corrected chi connectivity index (χ0v) is 12.6. The maximum atomic E-state index is 11.1. The van der Waals surface area contributed by atoms with Crippen molar-refractivity contribution in [1.29, 1.82) is 0 Å². The van der Waals surface area contributed by atoms with Crippen molar-refractivity contribution < 1.29 is 9.90 Å². The number of rotatable bonds is 4. The fraction of sp³-hybridized carbons (Fsp3) is 0.211. The third-order valence-corrected chi connectivity index (χ3v) is 3.63. The first-order chi connectivity index (χ1) is 9.97. The Morgan fingerprint density at radius 1 is 0.905 bits per heavy atom. The van der Waals surface area contributed by atoms with Crippen molar-refractivity contribution in [3.8, 4) is 0 Å². The molecule has 0 amide bonds.